The number of benzene rings is 10. The fourth-order valence-corrected chi connectivity index (χ4v) is 13.7. The van der Waals surface area contributed by atoms with Gasteiger partial charge in [-0.05, 0) is 80.9 Å². The average Bonchev–Trinajstić information content (AvgIpc) is 4.29. The maximum atomic E-state index is 5.72. The van der Waals surface area contributed by atoms with E-state index in [9.17, 15) is 0 Å². The van der Waals surface area contributed by atoms with Gasteiger partial charge in [0.15, 0.2) is 0 Å². The Morgan fingerprint density at radius 3 is 1.14 bits per heavy atom. The van der Waals surface area contributed by atoms with Crippen molar-refractivity contribution in [2.45, 2.75) is 38.5 Å². The number of fused-ring (bicyclic) bond motifs is 15. The van der Waals surface area contributed by atoms with Crippen molar-refractivity contribution in [2.75, 3.05) is 0 Å². The first-order valence-corrected chi connectivity index (χ1v) is 27.0. The largest absolute Gasteiger partial charge is 0.309 e. The Balaban J connectivity index is 0.939. The van der Waals surface area contributed by atoms with Crippen molar-refractivity contribution in [3.63, 3.8) is 0 Å². The summed E-state index contributed by atoms with van der Waals surface area (Å²) in [5, 5.41) is 15.4. The smallest absolute Gasteiger partial charge is 0.121 e. The monoisotopic (exact) mass is 998 g/mol. The van der Waals surface area contributed by atoms with Crippen LogP contribution in [0.2, 0.25) is 0 Å². The molecule has 0 fully saturated rings. The van der Waals surface area contributed by atoms with Crippen LogP contribution >= 0.6 is 0 Å². The summed E-state index contributed by atoms with van der Waals surface area (Å²) in [5.41, 5.74) is 24.9. The molecule has 16 rings (SSSR count). The van der Waals surface area contributed by atoms with Gasteiger partial charge in [0.2, 0.25) is 0 Å². The normalized spacial score (nSPS) is 13.8. The van der Waals surface area contributed by atoms with Crippen molar-refractivity contribution >= 4 is 54.6 Å². The standard InChI is InChI=1S/C72H50N6/c1-71(2)57-33-15-11-29-49(57)53-37-39-55-51-31-13-17-35-59(51)77(69(55)61(53)71)47-27-19-25-45(41-47)65-67-68(74-64(44-23-9-6-10-24-44)63(73-67)43-21-7-5-8-22-43)66(76-75-65)46-26-20-28-48(42-46)78-60-36-18-14-32-52(60)56-40-38-54-50-30-12-16-34-58(50)72(3,4)62(54)70(56)78/h5-42H,1-4H3. The van der Waals surface area contributed by atoms with Gasteiger partial charge in [0.05, 0.1) is 33.5 Å². The van der Waals surface area contributed by atoms with E-state index in [1.165, 1.54) is 77.1 Å². The summed E-state index contributed by atoms with van der Waals surface area (Å²) >= 11 is 0. The second kappa shape index (κ2) is 16.4. The van der Waals surface area contributed by atoms with Crippen LogP contribution < -0.4 is 0 Å². The van der Waals surface area contributed by atoms with E-state index in [0.29, 0.717) is 22.4 Å². The zero-order valence-electron chi connectivity index (χ0n) is 43.6. The molecule has 4 heterocycles. The minimum absolute atomic E-state index is 0.228. The van der Waals surface area contributed by atoms with Crippen LogP contribution in [0.4, 0.5) is 0 Å². The van der Waals surface area contributed by atoms with Gasteiger partial charge in [-0.3, -0.25) is 0 Å². The fraction of sp³-hybridized carbons (Fsp3) is 0.0833. The third-order valence-electron chi connectivity index (χ3n) is 17.1. The van der Waals surface area contributed by atoms with Crippen LogP contribution in [0.25, 0.3) is 133 Å². The van der Waals surface area contributed by atoms with Crippen LogP contribution in [-0.2, 0) is 10.8 Å². The second-order valence-corrected chi connectivity index (χ2v) is 22.2. The van der Waals surface area contributed by atoms with Crippen LogP contribution in [0, 0.1) is 0 Å². The maximum Gasteiger partial charge on any atom is 0.121 e. The predicted octanol–water partition coefficient (Wildman–Crippen LogP) is 17.9. The zero-order chi connectivity index (χ0) is 52.0. The molecule has 0 atom stereocenters. The van der Waals surface area contributed by atoms with Crippen LogP contribution in [0.15, 0.2) is 231 Å². The van der Waals surface area contributed by atoms with E-state index in [0.717, 1.165) is 56.0 Å². The van der Waals surface area contributed by atoms with E-state index in [4.69, 9.17) is 20.2 Å². The Morgan fingerprint density at radius 2 is 0.692 bits per heavy atom. The summed E-state index contributed by atoms with van der Waals surface area (Å²) in [6.07, 6.45) is 0. The number of hydrogen-bond acceptors (Lipinski definition) is 4. The molecule has 0 aliphatic heterocycles. The summed E-state index contributed by atoms with van der Waals surface area (Å²) in [7, 11) is 0. The van der Waals surface area contributed by atoms with Gasteiger partial charge in [0.25, 0.3) is 0 Å². The summed E-state index contributed by atoms with van der Waals surface area (Å²) in [6, 6.07) is 83.0. The summed E-state index contributed by atoms with van der Waals surface area (Å²) in [5.74, 6) is 0. The molecule has 0 saturated heterocycles. The van der Waals surface area contributed by atoms with Gasteiger partial charge in [-0.1, -0.05) is 222 Å². The molecule has 0 amide bonds. The minimum atomic E-state index is -0.228. The van der Waals surface area contributed by atoms with Crippen LogP contribution in [-0.4, -0.2) is 29.3 Å². The Bertz CT molecular complexity index is 4540. The molecule has 78 heavy (non-hydrogen) atoms. The average molecular weight is 999 g/mol. The molecule has 368 valence electrons. The van der Waals surface area contributed by atoms with Gasteiger partial charge >= 0.3 is 0 Å². The third-order valence-corrected chi connectivity index (χ3v) is 17.1. The molecule has 0 radical (unpaired) electrons. The predicted molar refractivity (Wildman–Crippen MR) is 321 cm³/mol. The van der Waals surface area contributed by atoms with Crippen molar-refractivity contribution in [1.82, 2.24) is 29.3 Å². The SMILES string of the molecule is CC1(C)c2ccccc2-c2ccc3c4ccccc4n(-c4cccc(-c5nnc(-c6cccc(-n7c8ccccc8c8ccc9c(c87)C(C)(C)c7ccccc7-9)c6)c6nc(-c7ccccc7)c(-c7ccccc7)nc56)c4)c3c21. The molecule has 2 aliphatic rings. The van der Waals surface area contributed by atoms with Gasteiger partial charge in [-0.2, -0.15) is 0 Å². The lowest BCUT2D eigenvalue weighted by atomic mass is 9.81. The van der Waals surface area contributed by atoms with Gasteiger partial charge in [-0.15, -0.1) is 10.2 Å². The first kappa shape index (κ1) is 44.5. The van der Waals surface area contributed by atoms with Crippen molar-refractivity contribution in [2.24, 2.45) is 0 Å². The van der Waals surface area contributed by atoms with Gasteiger partial charge < -0.3 is 9.13 Å². The lowest BCUT2D eigenvalue weighted by Crippen LogP contribution is -2.16. The van der Waals surface area contributed by atoms with Crippen LogP contribution in [0.5, 0.6) is 0 Å². The Morgan fingerprint density at radius 1 is 0.308 bits per heavy atom. The van der Waals surface area contributed by atoms with Crippen LogP contribution in [0.3, 0.4) is 0 Å². The summed E-state index contributed by atoms with van der Waals surface area (Å²) in [6.45, 7) is 9.48. The highest BCUT2D eigenvalue weighted by Crippen LogP contribution is 2.55. The number of para-hydroxylation sites is 2. The Labute approximate surface area is 451 Å². The molecular formula is C72H50N6. The maximum absolute atomic E-state index is 5.72. The first-order chi connectivity index (χ1) is 38.2. The molecule has 0 N–H and O–H groups in total. The molecule has 2 aliphatic carbocycles. The number of hydrogen-bond donors (Lipinski definition) is 0. The quantitative estimate of drug-likeness (QED) is 0.167. The van der Waals surface area contributed by atoms with E-state index in [1.807, 2.05) is 12.1 Å². The number of aromatic nitrogens is 6. The third kappa shape index (κ3) is 6.20. The van der Waals surface area contributed by atoms with Crippen molar-refractivity contribution < 1.29 is 0 Å². The molecular weight excluding hydrogens is 949 g/mol. The first-order valence-electron chi connectivity index (χ1n) is 27.0. The molecule has 10 aromatic carbocycles. The van der Waals surface area contributed by atoms with Crippen molar-refractivity contribution in [3.05, 3.63) is 253 Å². The summed E-state index contributed by atoms with van der Waals surface area (Å²) < 4.78 is 4.93. The highest BCUT2D eigenvalue weighted by atomic mass is 15.1. The van der Waals surface area contributed by atoms with E-state index < -0.39 is 0 Å². The van der Waals surface area contributed by atoms with Gasteiger partial charge in [0.1, 0.15) is 22.4 Å². The van der Waals surface area contributed by atoms with Gasteiger partial charge in [0, 0.05) is 66.0 Å². The Kier molecular flexibility index (Phi) is 9.34. The molecule has 0 unspecified atom stereocenters. The molecule has 6 nitrogen and oxygen atoms in total. The minimum Gasteiger partial charge on any atom is -0.309 e. The van der Waals surface area contributed by atoms with Crippen molar-refractivity contribution in [1.29, 1.82) is 0 Å². The number of nitrogens with zero attached hydrogens (tertiary/aromatic N) is 6. The molecule has 0 spiro atoms. The molecule has 4 aromatic heterocycles. The Hall–Kier alpha value is -9.78. The lowest BCUT2D eigenvalue weighted by Gasteiger charge is -2.24. The molecule has 14 aromatic rings. The van der Waals surface area contributed by atoms with E-state index >= 15 is 0 Å². The second-order valence-electron chi connectivity index (χ2n) is 22.2. The topological polar surface area (TPSA) is 61.4 Å². The highest BCUT2D eigenvalue weighted by molar-refractivity contribution is 6.15. The van der Waals surface area contributed by atoms with Gasteiger partial charge in [-0.25, -0.2) is 9.97 Å². The fourth-order valence-electron chi connectivity index (χ4n) is 13.7. The molecule has 0 bridgehead atoms. The van der Waals surface area contributed by atoms with E-state index in [1.54, 1.807) is 0 Å². The lowest BCUT2D eigenvalue weighted by molar-refractivity contribution is 0.663. The highest BCUT2D eigenvalue weighted by Gasteiger charge is 2.40. The zero-order valence-corrected chi connectivity index (χ0v) is 43.6. The van der Waals surface area contributed by atoms with Crippen molar-refractivity contribution in [3.8, 4) is 78.7 Å². The molecule has 0 saturated carbocycles. The number of rotatable bonds is 6. The van der Waals surface area contributed by atoms with Crippen LogP contribution in [0.1, 0.15) is 49.9 Å². The van der Waals surface area contributed by atoms with E-state index in [-0.39, 0.29) is 10.8 Å². The molecule has 6 heteroatoms. The van der Waals surface area contributed by atoms with E-state index in [2.05, 4.69) is 255 Å². The summed E-state index contributed by atoms with van der Waals surface area (Å²) in [4.78, 5) is 11.4.